The molecule has 1 aromatic rings. The van der Waals surface area contributed by atoms with Crippen LogP contribution in [0.5, 0.6) is 0 Å². The largest absolute Gasteiger partial charge is 0.461 e. The number of aromatic nitrogens is 1. The molecule has 0 aliphatic carbocycles. The molecule has 20 heavy (non-hydrogen) atoms. The highest BCUT2D eigenvalue weighted by Gasteiger charge is 2.13. The van der Waals surface area contributed by atoms with Gasteiger partial charge in [0.05, 0.1) is 13.2 Å². The molecule has 1 rings (SSSR count). The van der Waals surface area contributed by atoms with Crippen molar-refractivity contribution in [3.05, 3.63) is 54.0 Å². The van der Waals surface area contributed by atoms with Gasteiger partial charge in [-0.1, -0.05) is 36.0 Å². The lowest BCUT2D eigenvalue weighted by Crippen LogP contribution is -2.04. The maximum Gasteiger partial charge on any atom is 0.360 e. The van der Waals surface area contributed by atoms with E-state index in [9.17, 15) is 4.79 Å². The molecule has 0 aliphatic heterocycles. The van der Waals surface area contributed by atoms with Crippen molar-refractivity contribution in [2.24, 2.45) is 0 Å². The zero-order chi connectivity index (χ0) is 14.8. The molecule has 0 N–H and O–H groups in total. The lowest BCUT2D eigenvalue weighted by atomic mass is 10.3. The summed E-state index contributed by atoms with van der Waals surface area (Å²) >= 11 is 0. The topological polar surface area (TPSA) is 61.6 Å². The van der Waals surface area contributed by atoms with E-state index in [1.165, 1.54) is 6.07 Å². The fraction of sp³-hybridized carbons (Fsp3) is 0.333. The second kappa shape index (κ2) is 8.87. The van der Waals surface area contributed by atoms with Gasteiger partial charge in [0.25, 0.3) is 0 Å². The van der Waals surface area contributed by atoms with E-state index in [1.54, 1.807) is 6.92 Å². The normalized spacial score (nSPS) is 11.3. The van der Waals surface area contributed by atoms with E-state index in [0.717, 1.165) is 5.57 Å². The number of esters is 1. The lowest BCUT2D eigenvalue weighted by molar-refractivity contribution is 0.0514. The van der Waals surface area contributed by atoms with Crippen LogP contribution in [0.4, 0.5) is 0 Å². The zero-order valence-corrected chi connectivity index (χ0v) is 11.8. The number of ether oxygens (including phenoxy) is 2. The van der Waals surface area contributed by atoms with Crippen LogP contribution in [0.25, 0.3) is 0 Å². The number of nitrogens with zero attached hydrogens (tertiary/aromatic N) is 1. The van der Waals surface area contributed by atoms with Crippen molar-refractivity contribution >= 4 is 5.97 Å². The SMILES string of the molecule is C=C(/C=C\C=C/C)COCc1cc(C(=O)OCC)no1. The smallest absolute Gasteiger partial charge is 0.360 e. The van der Waals surface area contributed by atoms with Crippen molar-refractivity contribution in [2.45, 2.75) is 20.5 Å². The molecule has 0 unspecified atom stereocenters. The van der Waals surface area contributed by atoms with Crippen molar-refractivity contribution in [3.8, 4) is 0 Å². The summed E-state index contributed by atoms with van der Waals surface area (Å²) in [6.45, 7) is 8.42. The zero-order valence-electron chi connectivity index (χ0n) is 11.8. The van der Waals surface area contributed by atoms with E-state index < -0.39 is 5.97 Å². The predicted octanol–water partition coefficient (Wildman–Crippen LogP) is 3.06. The molecule has 0 bridgehead atoms. The number of carbonyl (C=O) groups excluding carboxylic acids is 1. The molecule has 1 heterocycles. The minimum atomic E-state index is -0.499. The molecule has 0 fully saturated rings. The van der Waals surface area contributed by atoms with E-state index in [1.807, 2.05) is 31.2 Å². The standard InChI is InChI=1S/C15H19NO4/c1-4-6-7-8-12(3)10-18-11-13-9-14(16-20-13)15(17)19-5-2/h4,6-9H,3,5,10-11H2,1-2H3/b6-4-,8-7-. The first-order valence-electron chi connectivity index (χ1n) is 6.35. The van der Waals surface area contributed by atoms with Gasteiger partial charge >= 0.3 is 5.97 Å². The van der Waals surface area contributed by atoms with Crippen LogP contribution < -0.4 is 0 Å². The number of hydrogen-bond acceptors (Lipinski definition) is 5. The lowest BCUT2D eigenvalue weighted by Gasteiger charge is -2.00. The molecule has 0 saturated carbocycles. The molecular formula is C15H19NO4. The van der Waals surface area contributed by atoms with Gasteiger partial charge < -0.3 is 14.0 Å². The summed E-state index contributed by atoms with van der Waals surface area (Å²) in [6.07, 6.45) is 7.59. The maximum absolute atomic E-state index is 11.4. The van der Waals surface area contributed by atoms with Crippen molar-refractivity contribution in [2.75, 3.05) is 13.2 Å². The molecule has 0 atom stereocenters. The summed E-state index contributed by atoms with van der Waals surface area (Å²) in [6, 6.07) is 1.51. The molecule has 0 aliphatic rings. The van der Waals surface area contributed by atoms with E-state index in [-0.39, 0.29) is 12.3 Å². The number of rotatable bonds is 8. The molecule has 0 saturated heterocycles. The number of carbonyl (C=O) groups is 1. The molecule has 5 nitrogen and oxygen atoms in total. The monoisotopic (exact) mass is 277 g/mol. The Hall–Kier alpha value is -2.14. The van der Waals surface area contributed by atoms with Crippen LogP contribution >= 0.6 is 0 Å². The van der Waals surface area contributed by atoms with Crippen LogP contribution in [0, 0.1) is 0 Å². The summed E-state index contributed by atoms with van der Waals surface area (Å²) in [5.41, 5.74) is 0.991. The number of hydrogen-bond donors (Lipinski definition) is 0. The highest BCUT2D eigenvalue weighted by atomic mass is 16.5. The van der Waals surface area contributed by atoms with Crippen LogP contribution in [0.1, 0.15) is 30.1 Å². The Morgan fingerprint density at radius 3 is 3.00 bits per heavy atom. The Kier molecular flexibility index (Phi) is 7.06. The minimum Gasteiger partial charge on any atom is -0.461 e. The van der Waals surface area contributed by atoms with Crippen molar-refractivity contribution in [1.82, 2.24) is 5.16 Å². The molecule has 0 radical (unpaired) electrons. The summed E-state index contributed by atoms with van der Waals surface area (Å²) in [4.78, 5) is 11.4. The molecule has 108 valence electrons. The van der Waals surface area contributed by atoms with Gasteiger partial charge in [-0.15, -0.1) is 0 Å². The molecular weight excluding hydrogens is 258 g/mol. The van der Waals surface area contributed by atoms with Gasteiger partial charge in [0.1, 0.15) is 6.61 Å². The summed E-state index contributed by atoms with van der Waals surface area (Å²) in [5.74, 6) is -0.0283. The molecule has 5 heteroatoms. The Morgan fingerprint density at radius 2 is 2.30 bits per heavy atom. The van der Waals surface area contributed by atoms with Crippen molar-refractivity contribution in [3.63, 3.8) is 0 Å². The summed E-state index contributed by atoms with van der Waals surface area (Å²) in [7, 11) is 0. The Morgan fingerprint density at radius 1 is 1.50 bits per heavy atom. The van der Waals surface area contributed by atoms with Crippen LogP contribution in [0.3, 0.4) is 0 Å². The molecule has 0 aromatic carbocycles. The first kappa shape index (κ1) is 15.9. The highest BCUT2D eigenvalue weighted by Crippen LogP contribution is 2.07. The van der Waals surface area contributed by atoms with Gasteiger partial charge in [0, 0.05) is 6.07 Å². The molecule has 1 aromatic heterocycles. The fourth-order valence-electron chi connectivity index (χ4n) is 1.32. The average Bonchev–Trinajstić information content (AvgIpc) is 2.88. The van der Waals surface area contributed by atoms with Crippen LogP contribution in [-0.4, -0.2) is 24.3 Å². The van der Waals surface area contributed by atoms with Gasteiger partial charge in [-0.3, -0.25) is 0 Å². The average molecular weight is 277 g/mol. The van der Waals surface area contributed by atoms with Crippen LogP contribution in [-0.2, 0) is 16.1 Å². The summed E-state index contributed by atoms with van der Waals surface area (Å²) in [5, 5.41) is 3.62. The third-order valence-electron chi connectivity index (χ3n) is 2.21. The maximum atomic E-state index is 11.4. The quantitative estimate of drug-likeness (QED) is 0.540. The third kappa shape index (κ3) is 5.67. The van der Waals surface area contributed by atoms with Crippen molar-refractivity contribution < 1.29 is 18.8 Å². The molecule has 0 amide bonds. The Bertz CT molecular complexity index is 500. The Balaban J connectivity index is 2.36. The van der Waals surface area contributed by atoms with Crippen LogP contribution in [0.2, 0.25) is 0 Å². The first-order chi connectivity index (χ1) is 9.67. The summed E-state index contributed by atoms with van der Waals surface area (Å²) < 4.78 is 15.2. The third-order valence-corrected chi connectivity index (χ3v) is 2.21. The van der Waals surface area contributed by atoms with Gasteiger partial charge in [0.2, 0.25) is 0 Å². The van der Waals surface area contributed by atoms with Gasteiger partial charge in [0.15, 0.2) is 11.5 Å². The van der Waals surface area contributed by atoms with Gasteiger partial charge in [-0.2, -0.15) is 0 Å². The highest BCUT2D eigenvalue weighted by molar-refractivity contribution is 5.87. The van der Waals surface area contributed by atoms with E-state index >= 15 is 0 Å². The second-order valence-corrected chi connectivity index (χ2v) is 3.93. The predicted molar refractivity (Wildman–Crippen MR) is 75.2 cm³/mol. The number of allylic oxidation sites excluding steroid dienone is 3. The van der Waals surface area contributed by atoms with Gasteiger partial charge in [-0.05, 0) is 19.4 Å². The first-order valence-corrected chi connectivity index (χ1v) is 6.35. The minimum absolute atomic E-state index is 0.150. The molecule has 0 spiro atoms. The van der Waals surface area contributed by atoms with E-state index in [0.29, 0.717) is 19.0 Å². The van der Waals surface area contributed by atoms with E-state index in [4.69, 9.17) is 14.0 Å². The van der Waals surface area contributed by atoms with Gasteiger partial charge in [-0.25, -0.2) is 4.79 Å². The second-order valence-electron chi connectivity index (χ2n) is 3.93. The Labute approximate surface area is 118 Å². The van der Waals surface area contributed by atoms with Crippen molar-refractivity contribution in [1.29, 1.82) is 0 Å². The van der Waals surface area contributed by atoms with E-state index in [2.05, 4.69) is 11.7 Å². The fourth-order valence-corrected chi connectivity index (χ4v) is 1.32. The van der Waals surface area contributed by atoms with Crippen LogP contribution in [0.15, 0.2) is 47.0 Å².